The van der Waals surface area contributed by atoms with Gasteiger partial charge in [0.25, 0.3) is 0 Å². The maximum absolute atomic E-state index is 13.2. The highest BCUT2D eigenvalue weighted by atomic mass is 16.4. The smallest absolute Gasteiger partial charge is 0.405 e. The molecule has 0 aliphatic carbocycles. The van der Waals surface area contributed by atoms with Crippen molar-refractivity contribution in [2.75, 3.05) is 26.2 Å². The second kappa shape index (κ2) is 7.98. The van der Waals surface area contributed by atoms with Gasteiger partial charge in [0.1, 0.15) is 11.9 Å². The molecule has 1 aliphatic heterocycles. The van der Waals surface area contributed by atoms with Gasteiger partial charge >= 0.3 is 12.1 Å². The predicted octanol–water partition coefficient (Wildman–Crippen LogP) is 1.85. The van der Waals surface area contributed by atoms with Crippen molar-refractivity contribution in [2.45, 2.75) is 46.1 Å². The highest BCUT2D eigenvalue weighted by molar-refractivity contribution is 5.89. The summed E-state index contributed by atoms with van der Waals surface area (Å²) >= 11 is 0. The second-order valence-electron chi connectivity index (χ2n) is 8.39. The summed E-state index contributed by atoms with van der Waals surface area (Å²) in [5, 5.41) is 11.6. The molecule has 150 valence electrons. The highest BCUT2D eigenvalue weighted by Gasteiger charge is 2.41. The van der Waals surface area contributed by atoms with Crippen molar-refractivity contribution in [1.29, 1.82) is 0 Å². The Hall–Kier alpha value is -2.58. The summed E-state index contributed by atoms with van der Waals surface area (Å²) < 4.78 is 1.41. The van der Waals surface area contributed by atoms with Gasteiger partial charge in [0.2, 0.25) is 5.91 Å². The van der Waals surface area contributed by atoms with E-state index in [-0.39, 0.29) is 17.4 Å². The third-order valence-electron chi connectivity index (χ3n) is 4.52. The van der Waals surface area contributed by atoms with E-state index < -0.39 is 11.6 Å². The van der Waals surface area contributed by atoms with Gasteiger partial charge in [0, 0.05) is 38.6 Å². The summed E-state index contributed by atoms with van der Waals surface area (Å²) in [4.78, 5) is 44.2. The minimum atomic E-state index is -1.22. The van der Waals surface area contributed by atoms with Crippen molar-refractivity contribution in [3.63, 3.8) is 0 Å². The summed E-state index contributed by atoms with van der Waals surface area (Å²) in [7, 11) is 0. The molecular formula is C18H29N5O4. The molecule has 1 aromatic rings. The number of rotatable bonds is 3. The zero-order valence-electron chi connectivity index (χ0n) is 16.4. The first-order valence-electron chi connectivity index (χ1n) is 9.09. The van der Waals surface area contributed by atoms with Crippen LogP contribution < -0.4 is 5.32 Å². The van der Waals surface area contributed by atoms with Gasteiger partial charge in [-0.15, -0.1) is 0 Å². The second-order valence-corrected chi connectivity index (χ2v) is 8.39. The van der Waals surface area contributed by atoms with Gasteiger partial charge in [0.05, 0.1) is 0 Å². The van der Waals surface area contributed by atoms with E-state index in [0.717, 1.165) is 0 Å². The van der Waals surface area contributed by atoms with Gasteiger partial charge in [-0.05, 0) is 25.2 Å². The van der Waals surface area contributed by atoms with Crippen molar-refractivity contribution in [3.05, 3.63) is 18.7 Å². The number of imidazole rings is 1. The summed E-state index contributed by atoms with van der Waals surface area (Å²) in [6.45, 7) is 9.30. The number of hydrogen-bond donors (Lipinski definition) is 2. The van der Waals surface area contributed by atoms with Crippen molar-refractivity contribution in [2.24, 2.45) is 5.41 Å². The molecule has 3 amide bonds. The summed E-state index contributed by atoms with van der Waals surface area (Å²) in [5.74, 6) is -0.253. The molecule has 1 aliphatic rings. The van der Waals surface area contributed by atoms with Gasteiger partial charge in [-0.25, -0.2) is 14.6 Å². The van der Waals surface area contributed by atoms with E-state index in [4.69, 9.17) is 0 Å². The Balaban J connectivity index is 2.10. The van der Waals surface area contributed by atoms with E-state index in [1.54, 1.807) is 29.1 Å². The molecule has 2 rings (SSSR count). The van der Waals surface area contributed by atoms with Crippen LogP contribution in [0, 0.1) is 5.41 Å². The van der Waals surface area contributed by atoms with Crippen molar-refractivity contribution in [3.8, 4) is 0 Å². The van der Waals surface area contributed by atoms with Gasteiger partial charge in [-0.1, -0.05) is 20.8 Å². The van der Waals surface area contributed by atoms with Crippen LogP contribution in [0.2, 0.25) is 0 Å². The van der Waals surface area contributed by atoms with Crippen LogP contribution in [0.5, 0.6) is 0 Å². The first-order chi connectivity index (χ1) is 12.5. The molecule has 27 heavy (non-hydrogen) atoms. The van der Waals surface area contributed by atoms with E-state index in [2.05, 4.69) is 10.3 Å². The number of carbonyl (C=O) groups is 3. The first kappa shape index (κ1) is 20.7. The van der Waals surface area contributed by atoms with Crippen molar-refractivity contribution < 1.29 is 19.5 Å². The lowest BCUT2D eigenvalue weighted by molar-refractivity contribution is -0.138. The van der Waals surface area contributed by atoms with Gasteiger partial charge in [0.15, 0.2) is 0 Å². The van der Waals surface area contributed by atoms with Crippen LogP contribution in [0.1, 0.15) is 40.5 Å². The van der Waals surface area contributed by atoms with Crippen molar-refractivity contribution >= 4 is 18.0 Å². The lowest BCUT2D eigenvalue weighted by Crippen LogP contribution is -2.59. The molecule has 9 heteroatoms. The minimum Gasteiger partial charge on any atom is -0.465 e. The standard InChI is InChI=1S/C18H29N5O4/c1-17(2,3)12-18(4,20-15(25)26)14(24)21-7-5-8-22(11-10-21)16(27)23-9-6-19-13-23/h6,9,13,20H,5,7-8,10-12H2,1-4H3,(H,25,26). The molecular weight excluding hydrogens is 350 g/mol. The molecule has 1 atom stereocenters. The maximum Gasteiger partial charge on any atom is 0.405 e. The quantitative estimate of drug-likeness (QED) is 0.833. The Morgan fingerprint density at radius 1 is 1.07 bits per heavy atom. The van der Waals surface area contributed by atoms with E-state index in [9.17, 15) is 19.5 Å². The molecule has 1 unspecified atom stereocenters. The van der Waals surface area contributed by atoms with Gasteiger partial charge in [-0.3, -0.25) is 9.36 Å². The van der Waals surface area contributed by atoms with Crippen molar-refractivity contribution in [1.82, 2.24) is 24.7 Å². The molecule has 0 bridgehead atoms. The topological polar surface area (TPSA) is 108 Å². The van der Waals surface area contributed by atoms with Crippen LogP contribution in [0.15, 0.2) is 18.7 Å². The number of carbonyl (C=O) groups excluding carboxylic acids is 2. The zero-order chi connectivity index (χ0) is 20.2. The fourth-order valence-corrected chi connectivity index (χ4v) is 3.67. The van der Waals surface area contributed by atoms with Crippen LogP contribution in [0.25, 0.3) is 0 Å². The lowest BCUT2D eigenvalue weighted by Gasteiger charge is -2.38. The maximum atomic E-state index is 13.2. The molecule has 2 N–H and O–H groups in total. The van der Waals surface area contributed by atoms with Gasteiger partial charge < -0.3 is 20.2 Å². The fourth-order valence-electron chi connectivity index (χ4n) is 3.67. The molecule has 1 aromatic heterocycles. The largest absolute Gasteiger partial charge is 0.465 e. The van der Waals surface area contributed by atoms with E-state index in [1.807, 2.05) is 20.8 Å². The number of aromatic nitrogens is 2. The average Bonchev–Trinajstić information content (AvgIpc) is 2.95. The normalized spacial score (nSPS) is 17.8. The molecule has 1 fully saturated rings. The fraction of sp³-hybridized carbons (Fsp3) is 0.667. The first-order valence-corrected chi connectivity index (χ1v) is 9.09. The summed E-state index contributed by atoms with van der Waals surface area (Å²) in [5.41, 5.74) is -1.45. The lowest BCUT2D eigenvalue weighted by atomic mass is 9.80. The molecule has 2 heterocycles. The van der Waals surface area contributed by atoms with Crippen LogP contribution in [-0.2, 0) is 4.79 Å². The minimum absolute atomic E-state index is 0.178. The van der Waals surface area contributed by atoms with E-state index >= 15 is 0 Å². The van der Waals surface area contributed by atoms with E-state index in [1.165, 1.54) is 10.9 Å². The third-order valence-corrected chi connectivity index (χ3v) is 4.52. The number of hydrogen-bond acceptors (Lipinski definition) is 4. The Kier molecular flexibility index (Phi) is 6.12. The highest BCUT2D eigenvalue weighted by Crippen LogP contribution is 2.29. The molecule has 1 saturated heterocycles. The summed E-state index contributed by atoms with van der Waals surface area (Å²) in [6, 6.07) is -0.178. The molecule has 0 saturated carbocycles. The van der Waals surface area contributed by atoms with Crippen LogP contribution >= 0.6 is 0 Å². The summed E-state index contributed by atoms with van der Waals surface area (Å²) in [6.07, 6.45) is 4.37. The third kappa shape index (κ3) is 5.45. The Morgan fingerprint density at radius 3 is 2.26 bits per heavy atom. The van der Waals surface area contributed by atoms with Gasteiger partial charge in [-0.2, -0.15) is 0 Å². The molecule has 0 radical (unpaired) electrons. The monoisotopic (exact) mass is 379 g/mol. The molecule has 0 spiro atoms. The van der Waals surface area contributed by atoms with Crippen LogP contribution in [-0.4, -0.2) is 74.2 Å². The Labute approximate surface area is 159 Å². The Bertz CT molecular complexity index is 682. The number of amides is 3. The number of nitrogens with zero attached hydrogens (tertiary/aromatic N) is 4. The average molecular weight is 379 g/mol. The predicted molar refractivity (Wildman–Crippen MR) is 99.4 cm³/mol. The number of nitrogens with one attached hydrogen (secondary N) is 1. The van der Waals surface area contributed by atoms with E-state index in [0.29, 0.717) is 39.0 Å². The number of carboxylic acid groups (broad SMARTS) is 1. The molecule has 9 nitrogen and oxygen atoms in total. The zero-order valence-corrected chi connectivity index (χ0v) is 16.4. The molecule has 0 aromatic carbocycles. The SMILES string of the molecule is CC(C)(C)CC(C)(NC(=O)O)C(=O)N1CCCN(C(=O)n2ccnc2)CC1. The van der Waals surface area contributed by atoms with Crippen LogP contribution in [0.3, 0.4) is 0 Å². The van der Waals surface area contributed by atoms with Crippen LogP contribution in [0.4, 0.5) is 9.59 Å². The Morgan fingerprint density at radius 2 is 1.70 bits per heavy atom.